The molecule has 0 heterocycles. The van der Waals surface area contributed by atoms with Crippen molar-refractivity contribution in [2.24, 2.45) is 0 Å². The molecule has 0 bridgehead atoms. The number of methoxy groups -OCH3 is 2. The zero-order valence-corrected chi connectivity index (χ0v) is 27.4. The smallest absolute Gasteiger partial charge is 0.338 e. The van der Waals surface area contributed by atoms with E-state index in [-0.39, 0.29) is 37.0 Å². The van der Waals surface area contributed by atoms with Gasteiger partial charge in [-0.15, -0.1) is 0 Å². The Morgan fingerprint density at radius 3 is 1.42 bits per heavy atom. The molecule has 0 radical (unpaired) electrons. The van der Waals surface area contributed by atoms with Gasteiger partial charge in [0.15, 0.2) is 36.6 Å². The normalized spacial score (nSPS) is 10.8. The van der Waals surface area contributed by atoms with Crippen LogP contribution in [0.3, 0.4) is 0 Å². The summed E-state index contributed by atoms with van der Waals surface area (Å²) in [6, 6.07) is 24.4. The molecule has 0 saturated heterocycles. The number of carbonyl (C=O) groups is 2. The third kappa shape index (κ3) is 12.0. The second kappa shape index (κ2) is 19.8. The third-order valence-electron chi connectivity index (χ3n) is 6.41. The van der Waals surface area contributed by atoms with E-state index in [4.69, 9.17) is 28.4 Å². The van der Waals surface area contributed by atoms with Gasteiger partial charge in [0.05, 0.1) is 24.3 Å². The van der Waals surface area contributed by atoms with Gasteiger partial charge in [0.25, 0.3) is 0 Å². The highest BCUT2D eigenvalue weighted by molar-refractivity contribution is 5.90. The van der Waals surface area contributed by atoms with Crippen molar-refractivity contribution in [3.63, 3.8) is 0 Å². The lowest BCUT2D eigenvalue weighted by atomic mass is 10.1. The Balaban J connectivity index is 0.000000269. The van der Waals surface area contributed by atoms with Crippen molar-refractivity contribution in [1.29, 1.82) is 0 Å². The van der Waals surface area contributed by atoms with Gasteiger partial charge in [-0.2, -0.15) is 0 Å². The summed E-state index contributed by atoms with van der Waals surface area (Å²) in [7, 11) is 3.11. The van der Waals surface area contributed by atoms with E-state index in [1.165, 1.54) is 12.1 Å². The van der Waals surface area contributed by atoms with Crippen molar-refractivity contribution in [3.05, 3.63) is 118 Å². The van der Waals surface area contributed by atoms with Gasteiger partial charge >= 0.3 is 11.9 Å². The van der Waals surface area contributed by atoms with Crippen LogP contribution in [0.1, 0.15) is 56.8 Å². The van der Waals surface area contributed by atoms with Crippen molar-refractivity contribution in [2.45, 2.75) is 13.8 Å². The molecule has 0 atom stereocenters. The molecule has 0 fully saturated rings. The lowest BCUT2D eigenvalue weighted by Crippen LogP contribution is -2.04. The van der Waals surface area contributed by atoms with Crippen LogP contribution in [-0.4, -0.2) is 63.2 Å². The molecule has 48 heavy (non-hydrogen) atoms. The number of benzene rings is 4. The molecule has 4 rings (SSSR count). The van der Waals surface area contributed by atoms with Gasteiger partial charge in [-0.25, -0.2) is 9.59 Å². The summed E-state index contributed by atoms with van der Waals surface area (Å²) in [4.78, 5) is 23.2. The molecule has 0 aromatic heterocycles. The number of hydrogen-bond acceptors (Lipinski definition) is 10. The van der Waals surface area contributed by atoms with E-state index in [0.29, 0.717) is 35.8 Å². The molecule has 0 amide bonds. The Labute approximate surface area is 280 Å². The fourth-order valence-electron chi connectivity index (χ4n) is 4.02. The van der Waals surface area contributed by atoms with Crippen LogP contribution in [-0.2, 0) is 18.9 Å². The predicted octanol–water partition coefficient (Wildman–Crippen LogP) is 7.44. The van der Waals surface area contributed by atoms with Crippen LogP contribution in [0.2, 0.25) is 0 Å². The van der Waals surface area contributed by atoms with Crippen molar-refractivity contribution < 1.29 is 48.2 Å². The highest BCUT2D eigenvalue weighted by Crippen LogP contribution is 2.29. The number of aromatic hydroxyl groups is 2. The molecule has 2 N–H and O–H groups in total. The molecule has 0 aliphatic rings. The Kier molecular flexibility index (Phi) is 15.2. The van der Waals surface area contributed by atoms with Gasteiger partial charge in [0.2, 0.25) is 0 Å². The van der Waals surface area contributed by atoms with Crippen LogP contribution in [0.4, 0.5) is 0 Å². The molecule has 0 aliphatic heterocycles. The monoisotopic (exact) mass is 656 g/mol. The van der Waals surface area contributed by atoms with E-state index in [9.17, 15) is 19.8 Å². The maximum Gasteiger partial charge on any atom is 0.338 e. The predicted molar refractivity (Wildman–Crippen MR) is 184 cm³/mol. The van der Waals surface area contributed by atoms with E-state index in [2.05, 4.69) is 0 Å². The average Bonchev–Trinajstić information content (AvgIpc) is 3.10. The topological polar surface area (TPSA) is 130 Å². The molecule has 252 valence electrons. The van der Waals surface area contributed by atoms with E-state index in [0.717, 1.165) is 22.3 Å². The van der Waals surface area contributed by atoms with Crippen LogP contribution < -0.4 is 9.47 Å². The van der Waals surface area contributed by atoms with Crippen LogP contribution in [0.5, 0.6) is 23.0 Å². The summed E-state index contributed by atoms with van der Waals surface area (Å²) in [6.45, 7) is 4.51. The fourth-order valence-corrected chi connectivity index (χ4v) is 4.02. The maximum absolute atomic E-state index is 11.7. The van der Waals surface area contributed by atoms with Gasteiger partial charge in [-0.05, 0) is 84.6 Å². The van der Waals surface area contributed by atoms with Crippen LogP contribution >= 0.6 is 0 Å². The summed E-state index contributed by atoms with van der Waals surface area (Å²) >= 11 is 0. The SMILES string of the molecule is CCOC(=O)c1ccc(C=Cc2ccc(O)c(O)c2)cc1.CCOC(=O)c1ccc(C=Cc2ccc(OCOC)c(OCOC)c2)cc1. The maximum atomic E-state index is 11.7. The average molecular weight is 657 g/mol. The summed E-state index contributed by atoms with van der Waals surface area (Å²) in [5.74, 6) is 0.176. The molecule has 10 nitrogen and oxygen atoms in total. The summed E-state index contributed by atoms with van der Waals surface area (Å²) in [6.07, 6.45) is 7.54. The van der Waals surface area contributed by atoms with E-state index in [1.807, 2.05) is 60.7 Å². The van der Waals surface area contributed by atoms with Crippen molar-refractivity contribution in [3.8, 4) is 23.0 Å². The van der Waals surface area contributed by atoms with E-state index < -0.39 is 0 Å². The van der Waals surface area contributed by atoms with Gasteiger partial charge in [0, 0.05) is 14.2 Å². The first kappa shape index (κ1) is 36.9. The lowest BCUT2D eigenvalue weighted by Gasteiger charge is -2.12. The van der Waals surface area contributed by atoms with Gasteiger partial charge in [-0.3, -0.25) is 0 Å². The van der Waals surface area contributed by atoms with Crippen molar-refractivity contribution in [2.75, 3.05) is 41.0 Å². The van der Waals surface area contributed by atoms with Crippen LogP contribution in [0.15, 0.2) is 84.9 Å². The first-order valence-corrected chi connectivity index (χ1v) is 15.1. The minimum Gasteiger partial charge on any atom is -0.504 e. The van der Waals surface area contributed by atoms with Gasteiger partial charge in [-0.1, -0.05) is 60.7 Å². The standard InChI is InChI=1S/C21H24O6.C17H16O4/c1-4-25-21(22)18-10-7-16(8-11-18)5-6-17-9-12-19(26-14-23-2)20(13-17)27-15-24-3;1-2-21-17(20)14-8-5-12(6-9-14)3-4-13-7-10-15(18)16(19)11-13/h5-13H,4,14-15H2,1-3H3;3-11,18-19H,2H2,1H3. The van der Waals surface area contributed by atoms with Crippen LogP contribution in [0, 0.1) is 0 Å². The number of rotatable bonds is 14. The third-order valence-corrected chi connectivity index (χ3v) is 6.41. The molecule has 10 heteroatoms. The summed E-state index contributed by atoms with van der Waals surface area (Å²) in [5, 5.41) is 18.6. The van der Waals surface area contributed by atoms with Crippen molar-refractivity contribution in [1.82, 2.24) is 0 Å². The van der Waals surface area contributed by atoms with Crippen LogP contribution in [0.25, 0.3) is 24.3 Å². The Morgan fingerprint density at radius 1 is 0.542 bits per heavy atom. The number of hydrogen-bond donors (Lipinski definition) is 2. The highest BCUT2D eigenvalue weighted by atomic mass is 16.7. The highest BCUT2D eigenvalue weighted by Gasteiger charge is 2.08. The Morgan fingerprint density at radius 2 is 0.958 bits per heavy atom. The van der Waals surface area contributed by atoms with Crippen molar-refractivity contribution >= 4 is 36.2 Å². The molecule has 4 aromatic carbocycles. The largest absolute Gasteiger partial charge is 0.504 e. The molecule has 0 unspecified atom stereocenters. The quantitative estimate of drug-likeness (QED) is 0.0611. The molecule has 4 aromatic rings. The number of carbonyl (C=O) groups excluding carboxylic acids is 2. The van der Waals surface area contributed by atoms with E-state index in [1.54, 1.807) is 64.5 Å². The number of phenolic OH excluding ortho intramolecular Hbond substituents is 2. The second-order valence-corrected chi connectivity index (χ2v) is 9.91. The first-order valence-electron chi connectivity index (χ1n) is 15.1. The lowest BCUT2D eigenvalue weighted by molar-refractivity contribution is 0.0322. The van der Waals surface area contributed by atoms with E-state index >= 15 is 0 Å². The molecule has 0 spiro atoms. The molecule has 0 aliphatic carbocycles. The Bertz CT molecular complexity index is 1660. The molecular weight excluding hydrogens is 616 g/mol. The summed E-state index contributed by atoms with van der Waals surface area (Å²) < 4.78 is 30.8. The first-order chi connectivity index (χ1) is 23.3. The number of esters is 2. The second-order valence-electron chi connectivity index (χ2n) is 9.91. The fraction of sp³-hybridized carbons (Fsp3) is 0.211. The van der Waals surface area contributed by atoms with Gasteiger partial charge in [0.1, 0.15) is 0 Å². The minimum atomic E-state index is -0.337. The summed E-state index contributed by atoms with van der Waals surface area (Å²) in [5.41, 5.74) is 4.61. The zero-order chi connectivity index (χ0) is 34.7. The minimum absolute atomic E-state index is 0.117. The zero-order valence-electron chi connectivity index (χ0n) is 27.4. The molecular formula is C38H40O10. The Hall–Kier alpha value is -5.58. The molecule has 0 saturated carbocycles. The number of phenols is 2. The number of ether oxygens (including phenoxy) is 6. The van der Waals surface area contributed by atoms with Gasteiger partial charge < -0.3 is 38.6 Å².